The second kappa shape index (κ2) is 4.58. The topological polar surface area (TPSA) is 66.6 Å². The highest BCUT2D eigenvalue weighted by atomic mass is 16.4. The molecule has 0 aromatic carbocycles. The van der Waals surface area contributed by atoms with Gasteiger partial charge in [0.1, 0.15) is 6.04 Å². The van der Waals surface area contributed by atoms with Gasteiger partial charge in [0.25, 0.3) is 0 Å². The summed E-state index contributed by atoms with van der Waals surface area (Å²) in [6.07, 6.45) is 0.896. The number of carboxylic acid groups (broad SMARTS) is 1. The van der Waals surface area contributed by atoms with Gasteiger partial charge in [-0.3, -0.25) is 9.69 Å². The van der Waals surface area contributed by atoms with Gasteiger partial charge >= 0.3 is 5.97 Å². The van der Waals surface area contributed by atoms with Gasteiger partial charge in [-0.15, -0.1) is 0 Å². The summed E-state index contributed by atoms with van der Waals surface area (Å²) in [5.74, 6) is -0.855. The zero-order valence-corrected chi connectivity index (χ0v) is 8.87. The summed E-state index contributed by atoms with van der Waals surface area (Å²) in [5.41, 5.74) is 5.28. The Labute approximate surface area is 79.7 Å². The Kier molecular flexibility index (Phi) is 4.36. The number of hydrogen-bond acceptors (Lipinski definition) is 3. The Morgan fingerprint density at radius 1 is 1.62 bits per heavy atom. The minimum absolute atomic E-state index is 0.123. The first kappa shape index (κ1) is 12.4. The van der Waals surface area contributed by atoms with Gasteiger partial charge in [0.15, 0.2) is 0 Å². The van der Waals surface area contributed by atoms with Gasteiger partial charge in [-0.1, -0.05) is 6.92 Å². The normalized spacial score (nSPS) is 14.6. The minimum Gasteiger partial charge on any atom is -0.480 e. The molecule has 0 aliphatic rings. The fourth-order valence-electron chi connectivity index (χ4n) is 1.10. The Hall–Kier alpha value is -0.610. The van der Waals surface area contributed by atoms with Crippen LogP contribution < -0.4 is 5.73 Å². The quantitative estimate of drug-likeness (QED) is 0.660. The average Bonchev–Trinajstić information content (AvgIpc) is 2.05. The lowest BCUT2D eigenvalue weighted by atomic mass is 9.98. The summed E-state index contributed by atoms with van der Waals surface area (Å²) in [4.78, 5) is 12.6. The van der Waals surface area contributed by atoms with Gasteiger partial charge in [-0.05, 0) is 27.3 Å². The first-order valence-corrected chi connectivity index (χ1v) is 4.52. The van der Waals surface area contributed by atoms with Crippen LogP contribution >= 0.6 is 0 Å². The number of aliphatic carboxylic acids is 1. The van der Waals surface area contributed by atoms with Crippen LogP contribution in [-0.4, -0.2) is 41.1 Å². The Morgan fingerprint density at radius 2 is 2.08 bits per heavy atom. The molecule has 0 aromatic rings. The summed E-state index contributed by atoms with van der Waals surface area (Å²) >= 11 is 0. The number of hydrogen-bond donors (Lipinski definition) is 2. The smallest absolute Gasteiger partial charge is 0.322 e. The van der Waals surface area contributed by atoms with Crippen LogP contribution in [0, 0.1) is 0 Å². The van der Waals surface area contributed by atoms with E-state index < -0.39 is 12.0 Å². The number of carboxylic acids is 1. The summed E-state index contributed by atoms with van der Waals surface area (Å²) in [6.45, 7) is 6.21. The molecular formula is C9H20N2O2. The van der Waals surface area contributed by atoms with Crippen molar-refractivity contribution in [1.29, 1.82) is 0 Å². The molecule has 0 rings (SSSR count). The van der Waals surface area contributed by atoms with Crippen molar-refractivity contribution in [2.45, 2.75) is 38.8 Å². The van der Waals surface area contributed by atoms with Crippen LogP contribution in [-0.2, 0) is 4.79 Å². The van der Waals surface area contributed by atoms with E-state index in [1.54, 1.807) is 7.05 Å². The number of carbonyl (C=O) groups is 1. The Bertz CT molecular complexity index is 180. The van der Waals surface area contributed by atoms with Crippen molar-refractivity contribution in [2.24, 2.45) is 5.73 Å². The molecule has 0 fully saturated rings. The zero-order valence-electron chi connectivity index (χ0n) is 8.87. The molecule has 13 heavy (non-hydrogen) atoms. The average molecular weight is 188 g/mol. The van der Waals surface area contributed by atoms with E-state index in [0.717, 1.165) is 6.42 Å². The van der Waals surface area contributed by atoms with Crippen LogP contribution in [0.1, 0.15) is 27.2 Å². The molecule has 0 radical (unpaired) electrons. The number of nitrogens with zero attached hydrogens (tertiary/aromatic N) is 1. The van der Waals surface area contributed by atoms with Crippen molar-refractivity contribution >= 4 is 5.97 Å². The highest BCUT2D eigenvalue weighted by molar-refractivity contribution is 5.73. The third-order valence-corrected chi connectivity index (χ3v) is 2.80. The molecule has 0 bridgehead atoms. The van der Waals surface area contributed by atoms with Gasteiger partial charge in [0.05, 0.1) is 0 Å². The molecular weight excluding hydrogens is 168 g/mol. The van der Waals surface area contributed by atoms with E-state index in [1.165, 1.54) is 0 Å². The van der Waals surface area contributed by atoms with Crippen molar-refractivity contribution in [3.8, 4) is 0 Å². The lowest BCUT2D eigenvalue weighted by Gasteiger charge is -2.38. The molecule has 4 heteroatoms. The molecule has 1 unspecified atom stereocenters. The van der Waals surface area contributed by atoms with Gasteiger partial charge in [-0.2, -0.15) is 0 Å². The number of nitrogens with two attached hydrogens (primary N) is 1. The summed E-state index contributed by atoms with van der Waals surface area (Å²) in [6, 6.07) is -0.588. The van der Waals surface area contributed by atoms with Crippen molar-refractivity contribution < 1.29 is 9.90 Å². The standard InChI is InChI=1S/C9H20N2O2/c1-5-9(2,3)11(4)7(6-10)8(12)13/h7H,5-6,10H2,1-4H3,(H,12,13). The highest BCUT2D eigenvalue weighted by Gasteiger charge is 2.31. The minimum atomic E-state index is -0.855. The third kappa shape index (κ3) is 2.97. The van der Waals surface area contributed by atoms with E-state index in [2.05, 4.69) is 0 Å². The van der Waals surface area contributed by atoms with E-state index in [9.17, 15) is 4.79 Å². The van der Waals surface area contributed by atoms with Crippen LogP contribution in [0.5, 0.6) is 0 Å². The molecule has 0 aliphatic heterocycles. The molecule has 0 aliphatic carbocycles. The van der Waals surface area contributed by atoms with Crippen LogP contribution in [0.3, 0.4) is 0 Å². The van der Waals surface area contributed by atoms with E-state index >= 15 is 0 Å². The predicted molar refractivity (Wildman–Crippen MR) is 52.6 cm³/mol. The molecule has 0 heterocycles. The van der Waals surface area contributed by atoms with Crippen molar-refractivity contribution in [2.75, 3.05) is 13.6 Å². The van der Waals surface area contributed by atoms with Crippen molar-refractivity contribution in [3.63, 3.8) is 0 Å². The maximum atomic E-state index is 10.8. The van der Waals surface area contributed by atoms with Gasteiger partial charge in [0, 0.05) is 12.1 Å². The zero-order chi connectivity index (χ0) is 10.6. The molecule has 0 amide bonds. The van der Waals surface area contributed by atoms with Gasteiger partial charge in [0.2, 0.25) is 0 Å². The van der Waals surface area contributed by atoms with Gasteiger partial charge < -0.3 is 10.8 Å². The highest BCUT2D eigenvalue weighted by Crippen LogP contribution is 2.18. The monoisotopic (exact) mass is 188 g/mol. The summed E-state index contributed by atoms with van der Waals surface area (Å²) in [5, 5.41) is 8.88. The molecule has 0 saturated heterocycles. The molecule has 0 aromatic heterocycles. The van der Waals surface area contributed by atoms with Crippen LogP contribution in [0.15, 0.2) is 0 Å². The van der Waals surface area contributed by atoms with E-state index in [-0.39, 0.29) is 12.1 Å². The maximum Gasteiger partial charge on any atom is 0.322 e. The summed E-state index contributed by atoms with van der Waals surface area (Å²) < 4.78 is 0. The first-order valence-electron chi connectivity index (χ1n) is 4.52. The second-order valence-electron chi connectivity index (χ2n) is 3.87. The SMILES string of the molecule is CCC(C)(C)N(C)C(CN)C(=O)O. The fourth-order valence-corrected chi connectivity index (χ4v) is 1.10. The largest absolute Gasteiger partial charge is 0.480 e. The Morgan fingerprint density at radius 3 is 2.31 bits per heavy atom. The molecule has 78 valence electrons. The van der Waals surface area contributed by atoms with E-state index in [4.69, 9.17) is 10.8 Å². The number of rotatable bonds is 5. The molecule has 1 atom stereocenters. The van der Waals surface area contributed by atoms with Gasteiger partial charge in [-0.25, -0.2) is 0 Å². The van der Waals surface area contributed by atoms with Crippen molar-refractivity contribution in [3.05, 3.63) is 0 Å². The second-order valence-corrected chi connectivity index (χ2v) is 3.87. The summed E-state index contributed by atoms with van der Waals surface area (Å²) in [7, 11) is 1.80. The lowest BCUT2D eigenvalue weighted by molar-refractivity contribution is -0.144. The van der Waals surface area contributed by atoms with E-state index in [1.807, 2.05) is 25.7 Å². The molecule has 4 nitrogen and oxygen atoms in total. The fraction of sp³-hybridized carbons (Fsp3) is 0.889. The Balaban J connectivity index is 4.54. The molecule has 3 N–H and O–H groups in total. The van der Waals surface area contributed by atoms with Crippen LogP contribution in [0.25, 0.3) is 0 Å². The predicted octanol–water partition coefficient (Wildman–Crippen LogP) is 0.519. The number of likely N-dealkylation sites (N-methyl/N-ethyl adjacent to an activating group) is 1. The maximum absolute atomic E-state index is 10.8. The molecule has 0 saturated carbocycles. The van der Waals surface area contributed by atoms with Crippen molar-refractivity contribution in [1.82, 2.24) is 4.90 Å². The molecule has 0 spiro atoms. The third-order valence-electron chi connectivity index (χ3n) is 2.80. The van der Waals surface area contributed by atoms with Crippen LogP contribution in [0.2, 0.25) is 0 Å². The van der Waals surface area contributed by atoms with Crippen LogP contribution in [0.4, 0.5) is 0 Å². The lowest BCUT2D eigenvalue weighted by Crippen LogP contribution is -2.53. The van der Waals surface area contributed by atoms with E-state index in [0.29, 0.717) is 0 Å². The first-order chi connectivity index (χ1) is 5.86.